The highest BCUT2D eigenvalue weighted by Crippen LogP contribution is 2.17. The van der Waals surface area contributed by atoms with Crippen molar-refractivity contribution in [1.29, 1.82) is 5.26 Å². The van der Waals surface area contributed by atoms with E-state index >= 15 is 0 Å². The van der Waals surface area contributed by atoms with Gasteiger partial charge in [0, 0.05) is 18.5 Å². The van der Waals surface area contributed by atoms with Crippen LogP contribution < -0.4 is 0 Å². The number of hydrogen-bond acceptors (Lipinski definition) is 4. The van der Waals surface area contributed by atoms with Crippen LogP contribution in [-0.4, -0.2) is 39.1 Å². The van der Waals surface area contributed by atoms with Crippen LogP contribution in [-0.2, 0) is 5.41 Å². The number of nitrogens with zero attached hydrogens (tertiary/aromatic N) is 4. The molecule has 104 valence electrons. The number of amides is 1. The van der Waals surface area contributed by atoms with Crippen molar-refractivity contribution >= 4 is 5.91 Å². The summed E-state index contributed by atoms with van der Waals surface area (Å²) in [4.78, 5) is 18.1. The number of hydrogen-bond donors (Lipinski definition) is 1. The predicted octanol–water partition coefficient (Wildman–Crippen LogP) is 1.72. The molecule has 0 spiro atoms. The number of nitrogens with one attached hydrogen (secondary N) is 1. The maximum atomic E-state index is 12.2. The SMILES string of the molecule is CCN(CC(C)C#N)C(=O)c1n[nH]c(C(C)(C)C)n1. The fraction of sp³-hybridized carbons (Fsp3) is 0.692. The van der Waals surface area contributed by atoms with Gasteiger partial charge in [-0.15, -0.1) is 5.10 Å². The lowest BCUT2D eigenvalue weighted by Gasteiger charge is -2.20. The molecule has 0 radical (unpaired) electrons. The summed E-state index contributed by atoms with van der Waals surface area (Å²) in [6.07, 6.45) is 0. The van der Waals surface area contributed by atoms with Gasteiger partial charge in [0.05, 0.1) is 12.0 Å². The Balaban J connectivity index is 2.87. The number of aromatic amines is 1. The summed E-state index contributed by atoms with van der Waals surface area (Å²) in [6, 6.07) is 2.12. The Morgan fingerprint density at radius 2 is 2.16 bits per heavy atom. The van der Waals surface area contributed by atoms with Crippen molar-refractivity contribution in [1.82, 2.24) is 20.1 Å². The van der Waals surface area contributed by atoms with Crippen LogP contribution in [0.4, 0.5) is 0 Å². The molecule has 0 aliphatic rings. The summed E-state index contributed by atoms with van der Waals surface area (Å²) < 4.78 is 0. The van der Waals surface area contributed by atoms with Crippen molar-refractivity contribution in [3.63, 3.8) is 0 Å². The smallest absolute Gasteiger partial charge is 0.293 e. The molecule has 1 unspecified atom stereocenters. The summed E-state index contributed by atoms with van der Waals surface area (Å²) in [7, 11) is 0. The average Bonchev–Trinajstić information content (AvgIpc) is 2.84. The molecule has 6 nitrogen and oxygen atoms in total. The topological polar surface area (TPSA) is 85.7 Å². The van der Waals surface area contributed by atoms with E-state index in [0.29, 0.717) is 18.9 Å². The number of H-pyrrole nitrogens is 1. The van der Waals surface area contributed by atoms with Gasteiger partial charge < -0.3 is 4.90 Å². The van der Waals surface area contributed by atoms with Crippen LogP contribution in [0.5, 0.6) is 0 Å². The monoisotopic (exact) mass is 263 g/mol. The molecular weight excluding hydrogens is 242 g/mol. The molecule has 0 aromatic carbocycles. The van der Waals surface area contributed by atoms with E-state index in [2.05, 4.69) is 21.3 Å². The molecule has 1 heterocycles. The molecule has 0 aliphatic heterocycles. The maximum Gasteiger partial charge on any atom is 0.293 e. The summed E-state index contributed by atoms with van der Waals surface area (Å²) in [5.74, 6) is 0.401. The molecule has 1 amide bonds. The molecule has 1 rings (SSSR count). The Morgan fingerprint density at radius 3 is 2.58 bits per heavy atom. The highest BCUT2D eigenvalue weighted by Gasteiger charge is 2.24. The Kier molecular flexibility index (Phi) is 4.65. The lowest BCUT2D eigenvalue weighted by atomic mass is 9.96. The van der Waals surface area contributed by atoms with Gasteiger partial charge in [-0.05, 0) is 13.8 Å². The van der Waals surface area contributed by atoms with Crippen LogP contribution in [0.3, 0.4) is 0 Å². The van der Waals surface area contributed by atoms with Crippen LogP contribution in [0.1, 0.15) is 51.1 Å². The first-order valence-corrected chi connectivity index (χ1v) is 6.41. The minimum atomic E-state index is -0.239. The van der Waals surface area contributed by atoms with Gasteiger partial charge in [0.1, 0.15) is 5.82 Å². The van der Waals surface area contributed by atoms with Gasteiger partial charge in [0.25, 0.3) is 5.91 Å². The van der Waals surface area contributed by atoms with E-state index < -0.39 is 0 Å². The van der Waals surface area contributed by atoms with Gasteiger partial charge >= 0.3 is 0 Å². The molecule has 0 saturated heterocycles. The standard InChI is InChI=1S/C13H21N5O/c1-6-18(8-9(2)7-14)11(19)10-15-12(17-16-10)13(3,4)5/h9H,6,8H2,1-5H3,(H,15,16,17). The molecule has 0 bridgehead atoms. The second kappa shape index (κ2) is 5.83. The molecule has 1 aromatic heterocycles. The van der Waals surface area contributed by atoms with E-state index in [1.165, 1.54) is 0 Å². The van der Waals surface area contributed by atoms with Crippen LogP contribution in [0.25, 0.3) is 0 Å². The van der Waals surface area contributed by atoms with Crippen molar-refractivity contribution in [3.05, 3.63) is 11.6 Å². The van der Waals surface area contributed by atoms with Crippen LogP contribution in [0, 0.1) is 17.2 Å². The molecule has 1 atom stereocenters. The summed E-state index contributed by atoms with van der Waals surface area (Å²) >= 11 is 0. The van der Waals surface area contributed by atoms with Crippen molar-refractivity contribution < 1.29 is 4.79 Å². The van der Waals surface area contributed by atoms with E-state index in [0.717, 1.165) is 0 Å². The predicted molar refractivity (Wildman–Crippen MR) is 71.4 cm³/mol. The normalized spacial score (nSPS) is 12.8. The van der Waals surface area contributed by atoms with Gasteiger partial charge in [0.2, 0.25) is 5.82 Å². The zero-order chi connectivity index (χ0) is 14.6. The van der Waals surface area contributed by atoms with Crippen molar-refractivity contribution in [2.45, 2.75) is 40.0 Å². The fourth-order valence-electron chi connectivity index (χ4n) is 1.56. The molecule has 1 aromatic rings. The fourth-order valence-corrected chi connectivity index (χ4v) is 1.56. The van der Waals surface area contributed by atoms with Crippen molar-refractivity contribution in [2.24, 2.45) is 5.92 Å². The molecule has 19 heavy (non-hydrogen) atoms. The summed E-state index contributed by atoms with van der Waals surface area (Å²) in [6.45, 7) is 10.6. The minimum absolute atomic E-state index is 0.164. The van der Waals surface area contributed by atoms with Gasteiger partial charge in [-0.25, -0.2) is 4.98 Å². The number of aromatic nitrogens is 3. The first-order valence-electron chi connectivity index (χ1n) is 6.41. The first kappa shape index (κ1) is 15.2. The lowest BCUT2D eigenvalue weighted by molar-refractivity contribution is 0.0740. The van der Waals surface area contributed by atoms with E-state index in [-0.39, 0.29) is 23.1 Å². The van der Waals surface area contributed by atoms with Crippen molar-refractivity contribution in [3.8, 4) is 6.07 Å². The number of carbonyl (C=O) groups excluding carboxylic acids is 1. The third-order valence-corrected chi connectivity index (χ3v) is 2.77. The van der Waals surface area contributed by atoms with Gasteiger partial charge in [-0.1, -0.05) is 20.8 Å². The third kappa shape index (κ3) is 3.78. The zero-order valence-corrected chi connectivity index (χ0v) is 12.2. The molecule has 0 saturated carbocycles. The number of nitriles is 1. The van der Waals surface area contributed by atoms with Gasteiger partial charge in [-0.3, -0.25) is 9.89 Å². The van der Waals surface area contributed by atoms with E-state index in [4.69, 9.17) is 5.26 Å². The lowest BCUT2D eigenvalue weighted by Crippen LogP contribution is -2.35. The Morgan fingerprint density at radius 1 is 1.53 bits per heavy atom. The molecule has 1 N–H and O–H groups in total. The highest BCUT2D eigenvalue weighted by molar-refractivity contribution is 5.90. The first-order chi connectivity index (χ1) is 8.79. The van der Waals surface area contributed by atoms with Crippen LogP contribution >= 0.6 is 0 Å². The van der Waals surface area contributed by atoms with E-state index in [9.17, 15) is 4.79 Å². The Labute approximate surface area is 113 Å². The van der Waals surface area contributed by atoms with Crippen LogP contribution in [0.2, 0.25) is 0 Å². The number of carbonyl (C=O) groups is 1. The maximum absolute atomic E-state index is 12.2. The van der Waals surface area contributed by atoms with Crippen LogP contribution in [0.15, 0.2) is 0 Å². The molecule has 0 aliphatic carbocycles. The molecular formula is C13H21N5O. The summed E-state index contributed by atoms with van der Waals surface area (Å²) in [5.41, 5.74) is -0.178. The second-order valence-corrected chi connectivity index (χ2v) is 5.63. The van der Waals surface area contributed by atoms with Crippen molar-refractivity contribution in [2.75, 3.05) is 13.1 Å². The number of rotatable bonds is 4. The Hall–Kier alpha value is -1.90. The molecule has 6 heteroatoms. The second-order valence-electron chi connectivity index (χ2n) is 5.63. The average molecular weight is 263 g/mol. The van der Waals surface area contributed by atoms with Gasteiger partial charge in [0.15, 0.2) is 0 Å². The van der Waals surface area contributed by atoms with Gasteiger partial charge in [-0.2, -0.15) is 5.26 Å². The van der Waals surface area contributed by atoms with E-state index in [1.54, 1.807) is 11.8 Å². The molecule has 0 fully saturated rings. The van der Waals surface area contributed by atoms with E-state index in [1.807, 2.05) is 27.7 Å². The summed E-state index contributed by atoms with van der Waals surface area (Å²) in [5, 5.41) is 15.6. The third-order valence-electron chi connectivity index (χ3n) is 2.77. The largest absolute Gasteiger partial charge is 0.335 e. The zero-order valence-electron chi connectivity index (χ0n) is 12.2. The highest BCUT2D eigenvalue weighted by atomic mass is 16.2. The Bertz CT molecular complexity index is 480. The minimum Gasteiger partial charge on any atom is -0.335 e. The quantitative estimate of drug-likeness (QED) is 0.896.